The number of fused-ring (bicyclic) bond motifs is 1. The second kappa shape index (κ2) is 11.3. The Kier molecular flexibility index (Phi) is 7.68. The summed E-state index contributed by atoms with van der Waals surface area (Å²) in [7, 11) is 0. The number of piperazine rings is 1. The number of nitrogens with zero attached hydrogens (tertiary/aromatic N) is 6. The maximum atomic E-state index is 14.2. The van der Waals surface area contributed by atoms with Gasteiger partial charge in [-0.1, -0.05) is 44.2 Å². The first-order chi connectivity index (χ1) is 20.9. The molecule has 1 amide bonds. The zero-order valence-electron chi connectivity index (χ0n) is 26.8. The first-order valence-corrected chi connectivity index (χ1v) is 15.7. The maximum absolute atomic E-state index is 14.2. The molecule has 1 saturated heterocycles. The number of rotatable bonds is 5. The monoisotopic (exact) mass is 594 g/mol. The molecule has 9 heteroatoms. The van der Waals surface area contributed by atoms with Crippen molar-refractivity contribution in [3.8, 4) is 16.9 Å². The fourth-order valence-corrected chi connectivity index (χ4v) is 6.15. The second-order valence-corrected chi connectivity index (χ2v) is 13.5. The second-order valence-electron chi connectivity index (χ2n) is 13.5. The Balaban J connectivity index is 1.56. The fourth-order valence-electron chi connectivity index (χ4n) is 6.15. The summed E-state index contributed by atoms with van der Waals surface area (Å²) < 4.78 is 7.32. The molecule has 4 heterocycles. The van der Waals surface area contributed by atoms with E-state index in [1.54, 1.807) is 15.7 Å². The number of pyridine rings is 2. The van der Waals surface area contributed by atoms with Crippen LogP contribution in [0, 0.1) is 6.92 Å². The molecule has 1 atom stereocenters. The van der Waals surface area contributed by atoms with Crippen LogP contribution in [0.5, 0.6) is 0 Å². The summed E-state index contributed by atoms with van der Waals surface area (Å²) >= 11 is 0. The number of aromatic nitrogens is 4. The Morgan fingerprint density at radius 2 is 1.77 bits per heavy atom. The normalized spacial score (nSPS) is 17.4. The summed E-state index contributed by atoms with van der Waals surface area (Å²) in [5.74, 6) is 1.12. The average molecular weight is 595 g/mol. The lowest BCUT2D eigenvalue weighted by atomic mass is 10.00. The summed E-state index contributed by atoms with van der Waals surface area (Å²) in [6, 6.07) is 14.3. The van der Waals surface area contributed by atoms with Crippen LogP contribution < -0.4 is 10.6 Å². The number of amides is 1. The highest BCUT2D eigenvalue weighted by Crippen LogP contribution is 2.46. The molecule has 230 valence electrons. The maximum Gasteiger partial charge on any atom is 0.410 e. The van der Waals surface area contributed by atoms with Crippen molar-refractivity contribution >= 4 is 22.9 Å². The third-order valence-electron chi connectivity index (χ3n) is 8.42. The molecule has 0 bridgehead atoms. The number of hydrogen-bond donors (Lipinski definition) is 0. The molecule has 4 aromatic rings. The van der Waals surface area contributed by atoms with Gasteiger partial charge in [0.15, 0.2) is 5.65 Å². The summed E-state index contributed by atoms with van der Waals surface area (Å²) in [6.07, 6.45) is 3.69. The number of carbonyl (C=O) groups excluding carboxylic acids is 1. The Labute approximate surface area is 258 Å². The van der Waals surface area contributed by atoms with Crippen LogP contribution in [0.2, 0.25) is 0 Å². The van der Waals surface area contributed by atoms with E-state index in [2.05, 4.69) is 43.9 Å². The fraction of sp³-hybridized carbons (Fsp3) is 0.457. The van der Waals surface area contributed by atoms with E-state index in [0.29, 0.717) is 37.0 Å². The van der Waals surface area contributed by atoms with Crippen molar-refractivity contribution in [3.63, 3.8) is 0 Å². The molecule has 0 N–H and O–H groups in total. The van der Waals surface area contributed by atoms with E-state index >= 15 is 0 Å². The zero-order valence-corrected chi connectivity index (χ0v) is 26.8. The molecule has 2 aliphatic rings. The third-order valence-corrected chi connectivity index (χ3v) is 8.42. The number of ether oxygens (including phenoxy) is 1. The quantitative estimate of drug-likeness (QED) is 0.257. The molecule has 2 fully saturated rings. The van der Waals surface area contributed by atoms with Gasteiger partial charge in [-0.2, -0.15) is 4.98 Å². The van der Waals surface area contributed by atoms with E-state index in [1.165, 1.54) is 5.56 Å². The summed E-state index contributed by atoms with van der Waals surface area (Å²) in [6.45, 7) is 15.3. The van der Waals surface area contributed by atoms with Gasteiger partial charge >= 0.3 is 11.8 Å². The third kappa shape index (κ3) is 5.67. The van der Waals surface area contributed by atoms with E-state index in [-0.39, 0.29) is 18.1 Å². The van der Waals surface area contributed by atoms with Crippen molar-refractivity contribution in [2.75, 3.05) is 24.5 Å². The largest absolute Gasteiger partial charge is 0.444 e. The minimum atomic E-state index is -0.569. The lowest BCUT2D eigenvalue weighted by Gasteiger charge is -2.41. The molecule has 1 aliphatic heterocycles. The van der Waals surface area contributed by atoms with Crippen LogP contribution in [0.4, 0.5) is 10.6 Å². The van der Waals surface area contributed by atoms with Gasteiger partial charge in [0, 0.05) is 37.4 Å². The van der Waals surface area contributed by atoms with Crippen LogP contribution in [0.25, 0.3) is 28.0 Å². The number of benzene rings is 1. The number of carbonyl (C=O) groups is 1. The number of anilines is 1. The Morgan fingerprint density at radius 3 is 2.41 bits per heavy atom. The lowest BCUT2D eigenvalue weighted by molar-refractivity contribution is 0.0218. The molecule has 0 radical (unpaired) electrons. The molecule has 1 aromatic carbocycles. The SMILES string of the molecule is Cc1ccnc(C(C)C)c1-n1c(=O)nc(N2CCN(C(=O)OC(C)(C)C)C[C@@H]2C)c2cc(C3CC3)c(-c3ccccc3)nc21. The van der Waals surface area contributed by atoms with Gasteiger partial charge in [-0.15, -0.1) is 0 Å². The lowest BCUT2D eigenvalue weighted by Crippen LogP contribution is -2.55. The zero-order chi connectivity index (χ0) is 31.3. The van der Waals surface area contributed by atoms with Gasteiger partial charge in [-0.05, 0) is 82.6 Å². The van der Waals surface area contributed by atoms with Gasteiger partial charge in [0.25, 0.3) is 0 Å². The molecule has 3 aromatic heterocycles. The highest BCUT2D eigenvalue weighted by Gasteiger charge is 2.34. The van der Waals surface area contributed by atoms with Gasteiger partial charge < -0.3 is 14.5 Å². The van der Waals surface area contributed by atoms with Crippen molar-refractivity contribution < 1.29 is 9.53 Å². The molecule has 9 nitrogen and oxygen atoms in total. The van der Waals surface area contributed by atoms with Crippen LogP contribution in [0.15, 0.2) is 53.5 Å². The molecule has 0 spiro atoms. The van der Waals surface area contributed by atoms with E-state index < -0.39 is 11.3 Å². The first kappa shape index (κ1) is 29.8. The van der Waals surface area contributed by atoms with Crippen molar-refractivity contribution in [3.05, 3.63) is 76.0 Å². The van der Waals surface area contributed by atoms with Gasteiger partial charge in [0.05, 0.1) is 22.5 Å². The van der Waals surface area contributed by atoms with Crippen molar-refractivity contribution in [1.29, 1.82) is 0 Å². The molecule has 1 aliphatic carbocycles. The Morgan fingerprint density at radius 1 is 1.05 bits per heavy atom. The predicted molar refractivity (Wildman–Crippen MR) is 174 cm³/mol. The summed E-state index contributed by atoms with van der Waals surface area (Å²) in [5.41, 5.74) is 5.24. The Bertz CT molecular complexity index is 1770. The van der Waals surface area contributed by atoms with Gasteiger partial charge in [-0.25, -0.2) is 19.1 Å². The standard InChI is InChI=1S/C35H42N6O3/c1-21(2)28-30(22(3)15-16-36-28)41-32-27(19-26(24-13-14-24)29(37-32)25-11-9-8-10-12-25)31(38-33(41)42)40-18-17-39(20-23(40)4)34(43)44-35(5,6)7/h8-12,15-16,19,21,23-24H,13-14,17-18,20H2,1-7H3/t23-/m0/s1. The highest BCUT2D eigenvalue weighted by molar-refractivity contribution is 5.92. The van der Waals surface area contributed by atoms with E-state index in [0.717, 1.165) is 46.4 Å². The average Bonchev–Trinajstić information content (AvgIpc) is 3.82. The van der Waals surface area contributed by atoms with Gasteiger partial charge in [0.2, 0.25) is 0 Å². The van der Waals surface area contributed by atoms with Crippen LogP contribution in [0.3, 0.4) is 0 Å². The van der Waals surface area contributed by atoms with Crippen molar-refractivity contribution in [2.45, 2.75) is 84.8 Å². The van der Waals surface area contributed by atoms with Crippen molar-refractivity contribution in [1.82, 2.24) is 24.4 Å². The number of hydrogen-bond acceptors (Lipinski definition) is 7. The molecular formula is C35H42N6O3. The van der Waals surface area contributed by atoms with E-state index in [4.69, 9.17) is 19.7 Å². The number of aryl methyl sites for hydroxylation is 1. The molecule has 6 rings (SSSR count). The first-order valence-electron chi connectivity index (χ1n) is 15.7. The van der Waals surface area contributed by atoms with Gasteiger partial charge in [0.1, 0.15) is 11.4 Å². The molecule has 0 unspecified atom stereocenters. The van der Waals surface area contributed by atoms with E-state index in [9.17, 15) is 9.59 Å². The molecular weight excluding hydrogens is 552 g/mol. The minimum absolute atomic E-state index is 0.0896. The van der Waals surface area contributed by atoms with E-state index in [1.807, 2.05) is 52.0 Å². The van der Waals surface area contributed by atoms with Crippen molar-refractivity contribution in [2.24, 2.45) is 0 Å². The van der Waals surface area contributed by atoms with Gasteiger partial charge in [-0.3, -0.25) is 4.98 Å². The molecule has 1 saturated carbocycles. The van der Waals surface area contributed by atoms with Crippen LogP contribution in [0.1, 0.15) is 83.0 Å². The smallest absolute Gasteiger partial charge is 0.410 e. The summed E-state index contributed by atoms with van der Waals surface area (Å²) in [4.78, 5) is 45.8. The minimum Gasteiger partial charge on any atom is -0.444 e. The summed E-state index contributed by atoms with van der Waals surface area (Å²) in [5, 5.41) is 0.835. The Hall–Kier alpha value is -4.27. The van der Waals surface area contributed by atoms with Crippen LogP contribution in [-0.2, 0) is 4.74 Å². The van der Waals surface area contributed by atoms with Crippen LogP contribution in [-0.4, -0.2) is 61.8 Å². The van der Waals surface area contributed by atoms with Crippen LogP contribution >= 0.6 is 0 Å². The highest BCUT2D eigenvalue weighted by atomic mass is 16.6. The topological polar surface area (TPSA) is 93.5 Å². The predicted octanol–water partition coefficient (Wildman–Crippen LogP) is 6.60. The molecule has 44 heavy (non-hydrogen) atoms.